The molecule has 0 heterocycles. The van der Waals surface area contributed by atoms with Crippen LogP contribution in [0.5, 0.6) is 0 Å². The topological polar surface area (TPSA) is 177 Å². The molecule has 0 aromatic heterocycles. The number of hydrogen-bond donors (Lipinski definition) is 7. The van der Waals surface area contributed by atoms with Crippen molar-refractivity contribution in [2.45, 2.75) is 70.6 Å². The summed E-state index contributed by atoms with van der Waals surface area (Å²) in [5.74, 6) is -2.80. The second-order valence-electron chi connectivity index (χ2n) is 7.39. The molecule has 0 aromatic carbocycles. The summed E-state index contributed by atoms with van der Waals surface area (Å²) in [5, 5.41) is 16.6. The Morgan fingerprint density at radius 1 is 0.931 bits per heavy atom. The molecule has 4 atom stereocenters. The highest BCUT2D eigenvalue weighted by Gasteiger charge is 2.27. The van der Waals surface area contributed by atoms with E-state index in [-0.39, 0.29) is 18.1 Å². The smallest absolute Gasteiger partial charge is 0.326 e. The van der Waals surface area contributed by atoms with Gasteiger partial charge >= 0.3 is 5.97 Å². The molecule has 0 fully saturated rings. The van der Waals surface area contributed by atoms with Crippen LogP contribution in [0.1, 0.15) is 46.5 Å². The summed E-state index contributed by atoms with van der Waals surface area (Å²) < 4.78 is 0. The second kappa shape index (κ2) is 14.2. The largest absolute Gasteiger partial charge is 0.480 e. The van der Waals surface area contributed by atoms with E-state index in [9.17, 15) is 24.3 Å². The van der Waals surface area contributed by atoms with Crippen LogP contribution >= 0.6 is 12.6 Å². The fourth-order valence-corrected chi connectivity index (χ4v) is 2.74. The predicted molar refractivity (Wildman–Crippen MR) is 113 cm³/mol. The maximum atomic E-state index is 12.4. The van der Waals surface area contributed by atoms with Gasteiger partial charge < -0.3 is 32.5 Å². The molecule has 0 aliphatic heterocycles. The van der Waals surface area contributed by atoms with Gasteiger partial charge in [0, 0.05) is 5.75 Å². The van der Waals surface area contributed by atoms with Crippen LogP contribution in [0.4, 0.5) is 0 Å². The van der Waals surface area contributed by atoms with Crippen molar-refractivity contribution in [3.8, 4) is 0 Å². The first-order chi connectivity index (χ1) is 13.5. The highest BCUT2D eigenvalue weighted by atomic mass is 32.1. The zero-order chi connectivity index (χ0) is 22.6. The summed E-state index contributed by atoms with van der Waals surface area (Å²) >= 11 is 4.07. The summed E-state index contributed by atoms with van der Waals surface area (Å²) in [6.07, 6.45) is 2.15. The molecule has 29 heavy (non-hydrogen) atoms. The van der Waals surface area contributed by atoms with Crippen molar-refractivity contribution in [3.63, 3.8) is 0 Å². The summed E-state index contributed by atoms with van der Waals surface area (Å²) in [4.78, 5) is 48.0. The Morgan fingerprint density at radius 3 is 2.00 bits per heavy atom. The Kier molecular flexibility index (Phi) is 13.3. The average Bonchev–Trinajstić information content (AvgIpc) is 2.64. The quantitative estimate of drug-likeness (QED) is 0.135. The highest BCUT2D eigenvalue weighted by molar-refractivity contribution is 7.80. The van der Waals surface area contributed by atoms with Crippen LogP contribution < -0.4 is 27.4 Å². The van der Waals surface area contributed by atoms with E-state index in [0.717, 1.165) is 6.42 Å². The lowest BCUT2D eigenvalue weighted by molar-refractivity contribution is -0.142. The van der Waals surface area contributed by atoms with Crippen LogP contribution in [0.25, 0.3) is 0 Å². The number of rotatable bonds is 14. The van der Waals surface area contributed by atoms with Gasteiger partial charge in [-0.2, -0.15) is 12.6 Å². The zero-order valence-corrected chi connectivity index (χ0v) is 18.2. The molecule has 11 heteroatoms. The van der Waals surface area contributed by atoms with Gasteiger partial charge in [-0.1, -0.05) is 20.3 Å². The van der Waals surface area contributed by atoms with Gasteiger partial charge in [0.1, 0.15) is 18.1 Å². The fraction of sp³-hybridized carbons (Fsp3) is 0.778. The maximum Gasteiger partial charge on any atom is 0.326 e. The number of carbonyl (C=O) groups is 4. The molecule has 0 rings (SSSR count). The van der Waals surface area contributed by atoms with Gasteiger partial charge in [-0.25, -0.2) is 4.79 Å². The Bertz CT molecular complexity index is 561. The lowest BCUT2D eigenvalue weighted by atomic mass is 10.0. The van der Waals surface area contributed by atoms with Crippen LogP contribution in [-0.4, -0.2) is 65.3 Å². The van der Waals surface area contributed by atoms with E-state index in [0.29, 0.717) is 19.4 Å². The average molecular weight is 434 g/mol. The molecule has 3 amide bonds. The minimum atomic E-state index is -1.14. The van der Waals surface area contributed by atoms with Crippen molar-refractivity contribution < 1.29 is 24.3 Å². The molecule has 0 aliphatic carbocycles. The maximum absolute atomic E-state index is 12.4. The van der Waals surface area contributed by atoms with Gasteiger partial charge in [-0.05, 0) is 38.6 Å². The van der Waals surface area contributed by atoms with Gasteiger partial charge in [0.2, 0.25) is 17.7 Å². The molecule has 0 aromatic rings. The second-order valence-corrected chi connectivity index (χ2v) is 7.76. The Balaban J connectivity index is 4.72. The minimum absolute atomic E-state index is 0.00648. The third-order valence-electron chi connectivity index (χ3n) is 4.20. The normalized spacial score (nSPS) is 15.1. The van der Waals surface area contributed by atoms with Gasteiger partial charge in [0.05, 0.1) is 6.04 Å². The number of unbranched alkanes of at least 4 members (excludes halogenated alkanes) is 1. The summed E-state index contributed by atoms with van der Waals surface area (Å²) in [5.41, 5.74) is 11.2. The SMILES string of the molecule is CC(C)CC(NC(=O)C(C)NC(=O)C(CS)NC(=O)C(N)CCCCN)C(=O)O. The fourth-order valence-electron chi connectivity index (χ4n) is 2.48. The van der Waals surface area contributed by atoms with Crippen LogP contribution in [0, 0.1) is 5.92 Å². The van der Waals surface area contributed by atoms with Crippen molar-refractivity contribution in [1.29, 1.82) is 0 Å². The molecular formula is C18H35N5O5S. The van der Waals surface area contributed by atoms with Crippen LogP contribution in [-0.2, 0) is 19.2 Å². The number of amides is 3. The lowest BCUT2D eigenvalue weighted by Gasteiger charge is -2.23. The minimum Gasteiger partial charge on any atom is -0.480 e. The molecule has 0 bridgehead atoms. The molecule has 0 aliphatic rings. The van der Waals surface area contributed by atoms with E-state index in [1.165, 1.54) is 6.92 Å². The van der Waals surface area contributed by atoms with E-state index in [4.69, 9.17) is 11.5 Å². The number of nitrogens with two attached hydrogens (primary N) is 2. The van der Waals surface area contributed by atoms with Crippen LogP contribution in [0.15, 0.2) is 0 Å². The van der Waals surface area contributed by atoms with Gasteiger partial charge in [-0.15, -0.1) is 0 Å². The number of carboxylic acids is 1. The van der Waals surface area contributed by atoms with E-state index in [2.05, 4.69) is 28.6 Å². The third-order valence-corrected chi connectivity index (χ3v) is 4.56. The first-order valence-electron chi connectivity index (χ1n) is 9.73. The molecule has 0 saturated heterocycles. The first-order valence-corrected chi connectivity index (χ1v) is 10.4. The van der Waals surface area contributed by atoms with E-state index >= 15 is 0 Å². The van der Waals surface area contributed by atoms with Crippen molar-refractivity contribution in [1.82, 2.24) is 16.0 Å². The van der Waals surface area contributed by atoms with Crippen molar-refractivity contribution in [2.24, 2.45) is 17.4 Å². The Morgan fingerprint density at radius 2 is 1.52 bits per heavy atom. The Labute approximate surface area is 177 Å². The monoisotopic (exact) mass is 433 g/mol. The zero-order valence-electron chi connectivity index (χ0n) is 17.3. The summed E-state index contributed by atoms with van der Waals surface area (Å²) in [6, 6.07) is -3.79. The van der Waals surface area contributed by atoms with E-state index in [1.807, 2.05) is 13.8 Å². The number of aliphatic carboxylic acids is 1. The molecule has 0 spiro atoms. The molecule has 168 valence electrons. The third kappa shape index (κ3) is 11.1. The number of hydrogen-bond acceptors (Lipinski definition) is 7. The van der Waals surface area contributed by atoms with Gasteiger partial charge in [-0.3, -0.25) is 14.4 Å². The summed E-state index contributed by atoms with van der Waals surface area (Å²) in [6.45, 7) is 5.62. The van der Waals surface area contributed by atoms with Crippen LogP contribution in [0.2, 0.25) is 0 Å². The van der Waals surface area contributed by atoms with E-state index < -0.39 is 47.9 Å². The molecule has 0 radical (unpaired) electrons. The van der Waals surface area contributed by atoms with Crippen molar-refractivity contribution in [2.75, 3.05) is 12.3 Å². The highest BCUT2D eigenvalue weighted by Crippen LogP contribution is 2.05. The molecule has 10 nitrogen and oxygen atoms in total. The van der Waals surface area contributed by atoms with Crippen molar-refractivity contribution >= 4 is 36.3 Å². The van der Waals surface area contributed by atoms with Gasteiger partial charge in [0.15, 0.2) is 0 Å². The molecule has 8 N–H and O–H groups in total. The standard InChI is InChI=1S/C18H35N5O5S/c1-10(2)8-13(18(27)28)22-15(24)11(3)21-17(26)14(9-29)23-16(25)12(20)6-4-5-7-19/h10-14,29H,4-9,19-20H2,1-3H3,(H,21,26)(H,22,24)(H,23,25)(H,27,28). The number of nitrogens with one attached hydrogen (secondary N) is 3. The lowest BCUT2D eigenvalue weighted by Crippen LogP contribution is -2.57. The van der Waals surface area contributed by atoms with Gasteiger partial charge in [0.25, 0.3) is 0 Å². The summed E-state index contributed by atoms with van der Waals surface area (Å²) in [7, 11) is 0. The number of thiol groups is 1. The first kappa shape index (κ1) is 27.1. The molecule has 0 saturated carbocycles. The Hall–Kier alpha value is -1.85. The molecular weight excluding hydrogens is 398 g/mol. The number of carboxylic acid groups (broad SMARTS) is 1. The molecule has 4 unspecified atom stereocenters. The number of carbonyl (C=O) groups excluding carboxylic acids is 3. The van der Waals surface area contributed by atoms with Crippen LogP contribution in [0.3, 0.4) is 0 Å². The van der Waals surface area contributed by atoms with Crippen molar-refractivity contribution in [3.05, 3.63) is 0 Å². The predicted octanol–water partition coefficient (Wildman–Crippen LogP) is -1.02. The van der Waals surface area contributed by atoms with E-state index in [1.54, 1.807) is 0 Å².